The fourth-order valence-electron chi connectivity index (χ4n) is 9.74. The first-order chi connectivity index (χ1) is 15.3. The molecule has 1 spiro atoms. The molecule has 4 aliphatic carbocycles. The molecule has 176 valence electrons. The SMILES string of the molecule is CC1=C2C[C@H]3[C@@H](CC[C@@H]4CC(=O)C(C=O)C[C@@]43C)[C@@H]2CC[C@]12O[C@@H]1C[C@H](C)CN[C@H]1[C@H]2C. The fraction of sp³-hybridized carbons (Fsp3) is 0.857. The summed E-state index contributed by atoms with van der Waals surface area (Å²) in [4.78, 5) is 24.2. The normalized spacial score (nSPS) is 54.8. The molecule has 11 atom stereocenters. The van der Waals surface area contributed by atoms with Gasteiger partial charge in [-0.25, -0.2) is 0 Å². The molecule has 0 bridgehead atoms. The average molecular weight is 440 g/mol. The Balaban J connectivity index is 1.33. The van der Waals surface area contributed by atoms with E-state index in [4.69, 9.17) is 4.74 Å². The van der Waals surface area contributed by atoms with Crippen molar-refractivity contribution in [3.63, 3.8) is 0 Å². The van der Waals surface area contributed by atoms with Gasteiger partial charge in [-0.1, -0.05) is 26.3 Å². The maximum atomic E-state index is 12.5. The van der Waals surface area contributed by atoms with Gasteiger partial charge < -0.3 is 14.8 Å². The largest absolute Gasteiger partial charge is 0.365 e. The highest BCUT2D eigenvalue weighted by Gasteiger charge is 2.62. The van der Waals surface area contributed by atoms with Crippen LogP contribution in [0.5, 0.6) is 0 Å². The van der Waals surface area contributed by atoms with Crippen LogP contribution in [-0.2, 0) is 14.3 Å². The molecular weight excluding hydrogens is 398 g/mol. The summed E-state index contributed by atoms with van der Waals surface area (Å²) in [7, 11) is 0. The highest BCUT2D eigenvalue weighted by atomic mass is 16.5. The summed E-state index contributed by atoms with van der Waals surface area (Å²) in [6.07, 6.45) is 9.91. The molecular formula is C28H41NO3. The molecule has 4 nitrogen and oxygen atoms in total. The number of hydrogen-bond donors (Lipinski definition) is 1. The Morgan fingerprint density at radius 1 is 1.16 bits per heavy atom. The Bertz CT molecular complexity index is 865. The van der Waals surface area contributed by atoms with Gasteiger partial charge in [0, 0.05) is 18.4 Å². The number of aldehydes is 1. The Labute approximate surface area is 193 Å². The highest BCUT2D eigenvalue weighted by molar-refractivity contribution is 5.94. The Hall–Kier alpha value is -1.00. The first-order valence-electron chi connectivity index (χ1n) is 13.4. The second kappa shape index (κ2) is 7.25. The van der Waals surface area contributed by atoms with Crippen LogP contribution in [0.3, 0.4) is 0 Å². The van der Waals surface area contributed by atoms with Gasteiger partial charge in [-0.2, -0.15) is 0 Å². The van der Waals surface area contributed by atoms with E-state index in [0.717, 1.165) is 31.6 Å². The van der Waals surface area contributed by atoms with E-state index in [9.17, 15) is 9.59 Å². The van der Waals surface area contributed by atoms with E-state index >= 15 is 0 Å². The van der Waals surface area contributed by atoms with Crippen molar-refractivity contribution < 1.29 is 14.3 Å². The van der Waals surface area contributed by atoms with Gasteiger partial charge in [0.1, 0.15) is 12.1 Å². The lowest BCUT2D eigenvalue weighted by molar-refractivity contribution is -0.140. The molecule has 2 aliphatic heterocycles. The van der Waals surface area contributed by atoms with E-state index in [2.05, 4.69) is 33.0 Å². The van der Waals surface area contributed by atoms with E-state index in [1.165, 1.54) is 32.1 Å². The topological polar surface area (TPSA) is 55.4 Å². The molecule has 0 aromatic rings. The zero-order valence-corrected chi connectivity index (χ0v) is 20.4. The van der Waals surface area contributed by atoms with Crippen LogP contribution in [0.1, 0.15) is 79.1 Å². The van der Waals surface area contributed by atoms with Crippen molar-refractivity contribution in [1.29, 1.82) is 0 Å². The lowest BCUT2D eigenvalue weighted by Gasteiger charge is -2.53. The quantitative estimate of drug-likeness (QED) is 0.365. The van der Waals surface area contributed by atoms with E-state index < -0.39 is 0 Å². The van der Waals surface area contributed by atoms with Crippen LogP contribution in [-0.4, -0.2) is 36.4 Å². The van der Waals surface area contributed by atoms with E-state index in [-0.39, 0.29) is 22.7 Å². The van der Waals surface area contributed by atoms with Crippen LogP contribution in [0, 0.1) is 46.8 Å². The van der Waals surface area contributed by atoms with Crippen molar-refractivity contribution in [3.05, 3.63) is 11.1 Å². The number of ether oxygens (including phenoxy) is 1. The van der Waals surface area contributed by atoms with E-state index in [0.29, 0.717) is 48.2 Å². The summed E-state index contributed by atoms with van der Waals surface area (Å²) in [6, 6.07) is 0.488. The third-order valence-electron chi connectivity index (χ3n) is 11.6. The first-order valence-corrected chi connectivity index (χ1v) is 13.4. The zero-order valence-electron chi connectivity index (χ0n) is 20.4. The minimum absolute atomic E-state index is 0.0834. The third kappa shape index (κ3) is 2.75. The maximum absolute atomic E-state index is 12.5. The number of piperidine rings is 1. The molecule has 2 heterocycles. The van der Waals surface area contributed by atoms with Gasteiger partial charge in [-0.05, 0) is 99.0 Å². The highest BCUT2D eigenvalue weighted by Crippen LogP contribution is 2.66. The third-order valence-corrected chi connectivity index (χ3v) is 11.6. The van der Waals surface area contributed by atoms with Crippen LogP contribution in [0.25, 0.3) is 0 Å². The average Bonchev–Trinajstić information content (AvgIpc) is 3.28. The molecule has 6 aliphatic rings. The van der Waals surface area contributed by atoms with Crippen molar-refractivity contribution in [2.75, 3.05) is 6.54 Å². The number of ketones is 1. The van der Waals surface area contributed by atoms with Crippen LogP contribution in [0.2, 0.25) is 0 Å². The van der Waals surface area contributed by atoms with Gasteiger partial charge in [0.25, 0.3) is 0 Å². The first kappa shape index (κ1) is 21.5. The summed E-state index contributed by atoms with van der Waals surface area (Å²) in [5.41, 5.74) is 3.30. The molecule has 3 saturated carbocycles. The summed E-state index contributed by atoms with van der Waals surface area (Å²) >= 11 is 0. The van der Waals surface area contributed by atoms with Crippen LogP contribution in [0.15, 0.2) is 11.1 Å². The summed E-state index contributed by atoms with van der Waals surface area (Å²) in [5.74, 6) is 3.56. The minimum atomic E-state index is -0.367. The molecule has 0 amide bonds. The monoisotopic (exact) mass is 439 g/mol. The molecule has 1 unspecified atom stereocenters. The second-order valence-electron chi connectivity index (χ2n) is 12.8. The molecule has 6 rings (SSSR count). The van der Waals surface area contributed by atoms with Crippen molar-refractivity contribution in [2.24, 2.45) is 46.8 Å². The van der Waals surface area contributed by atoms with Crippen molar-refractivity contribution in [1.82, 2.24) is 5.32 Å². The zero-order chi connectivity index (χ0) is 22.4. The van der Waals surface area contributed by atoms with Crippen molar-refractivity contribution >= 4 is 12.1 Å². The fourth-order valence-corrected chi connectivity index (χ4v) is 9.74. The number of fused-ring (bicyclic) bond motifs is 6. The molecule has 1 N–H and O–H groups in total. The maximum Gasteiger partial charge on any atom is 0.143 e. The van der Waals surface area contributed by atoms with Gasteiger partial charge in [0.2, 0.25) is 0 Å². The molecule has 5 fully saturated rings. The summed E-state index contributed by atoms with van der Waals surface area (Å²) in [5, 5.41) is 3.83. The predicted molar refractivity (Wildman–Crippen MR) is 124 cm³/mol. The number of carbonyl (C=O) groups excluding carboxylic acids is 2. The summed E-state index contributed by atoms with van der Waals surface area (Å²) in [6.45, 7) is 10.7. The van der Waals surface area contributed by atoms with Gasteiger partial charge in [0.05, 0.1) is 17.6 Å². The molecule has 0 radical (unpaired) electrons. The van der Waals surface area contributed by atoms with Gasteiger partial charge in [-0.15, -0.1) is 0 Å². The smallest absolute Gasteiger partial charge is 0.143 e. The van der Waals surface area contributed by atoms with E-state index in [1.54, 1.807) is 11.1 Å². The Morgan fingerprint density at radius 3 is 2.75 bits per heavy atom. The van der Waals surface area contributed by atoms with Crippen LogP contribution >= 0.6 is 0 Å². The lowest BCUT2D eigenvalue weighted by Crippen LogP contribution is -2.49. The number of rotatable bonds is 1. The van der Waals surface area contributed by atoms with Gasteiger partial charge >= 0.3 is 0 Å². The predicted octanol–water partition coefficient (Wildman–Crippen LogP) is 4.72. The minimum Gasteiger partial charge on any atom is -0.365 e. The van der Waals surface area contributed by atoms with Gasteiger partial charge in [-0.3, -0.25) is 4.79 Å². The molecule has 0 aromatic carbocycles. The van der Waals surface area contributed by atoms with Crippen LogP contribution < -0.4 is 5.32 Å². The Morgan fingerprint density at radius 2 is 1.97 bits per heavy atom. The number of allylic oxidation sites excluding steroid dienone is 1. The van der Waals surface area contributed by atoms with Gasteiger partial charge in [0.15, 0.2) is 0 Å². The number of Topliss-reactive ketones (excluding diaryl/α,β-unsaturated/α-hetero) is 1. The molecule has 32 heavy (non-hydrogen) atoms. The van der Waals surface area contributed by atoms with Crippen molar-refractivity contribution in [2.45, 2.75) is 96.8 Å². The van der Waals surface area contributed by atoms with Crippen LogP contribution in [0.4, 0.5) is 0 Å². The standard InChI is InChI=1S/C28H41NO3/c1-15-9-25-26(29-13-15)17(3)28(32-25)8-7-20-21-6-5-19-10-24(31)18(14-30)12-27(19,4)23(21)11-22(20)16(28)2/h14-15,17-21,23,25-26,29H,5-13H2,1-4H3/t15-,17+,18?,19+,20-,21-,23-,25+,26-,27-,28-/m0/s1. The summed E-state index contributed by atoms with van der Waals surface area (Å²) < 4.78 is 7.02. The second-order valence-corrected chi connectivity index (χ2v) is 12.8. The number of hydrogen-bond acceptors (Lipinski definition) is 4. The number of carbonyl (C=O) groups is 2. The van der Waals surface area contributed by atoms with Crippen molar-refractivity contribution in [3.8, 4) is 0 Å². The lowest BCUT2D eigenvalue weighted by atomic mass is 9.51. The number of nitrogens with one attached hydrogen (secondary N) is 1. The molecule has 0 aromatic heterocycles. The molecule has 2 saturated heterocycles. The Kier molecular flexibility index (Phi) is 4.88. The van der Waals surface area contributed by atoms with E-state index in [1.807, 2.05) is 0 Å². The molecule has 4 heteroatoms.